The van der Waals surface area contributed by atoms with Crippen molar-refractivity contribution >= 4 is 33.4 Å². The number of amides is 2. The summed E-state index contributed by atoms with van der Waals surface area (Å²) in [6.45, 7) is 8.54. The number of carbonyl (C=O) groups excluding carboxylic acids is 2. The summed E-state index contributed by atoms with van der Waals surface area (Å²) in [6, 6.07) is 7.24. The third kappa shape index (κ3) is 3.28. The van der Waals surface area contributed by atoms with Crippen LogP contribution in [0.5, 0.6) is 0 Å². The number of hydrogen-bond donors (Lipinski definition) is 0. The molecule has 1 heterocycles. The molecule has 1 aromatic rings. The van der Waals surface area contributed by atoms with E-state index in [4.69, 9.17) is 0 Å². The monoisotopic (exact) mass is 352 g/mol. The van der Waals surface area contributed by atoms with Crippen LogP contribution in [0.4, 0.5) is 5.69 Å². The van der Waals surface area contributed by atoms with E-state index in [1.165, 1.54) is 0 Å². The molecule has 2 rings (SSSR count). The van der Waals surface area contributed by atoms with Crippen molar-refractivity contribution in [2.75, 3.05) is 18.0 Å². The van der Waals surface area contributed by atoms with E-state index in [2.05, 4.69) is 15.9 Å². The van der Waals surface area contributed by atoms with Crippen LogP contribution < -0.4 is 4.90 Å². The van der Waals surface area contributed by atoms with Gasteiger partial charge in [0.15, 0.2) is 0 Å². The molecule has 5 heteroatoms. The molecule has 1 unspecified atom stereocenters. The van der Waals surface area contributed by atoms with E-state index in [1.54, 1.807) is 16.7 Å². The first-order valence-electron chi connectivity index (χ1n) is 7.10. The van der Waals surface area contributed by atoms with Gasteiger partial charge in [-0.2, -0.15) is 0 Å². The summed E-state index contributed by atoms with van der Waals surface area (Å²) in [5, 5.41) is 0. The first-order valence-corrected chi connectivity index (χ1v) is 7.89. The third-order valence-corrected chi connectivity index (χ3v) is 4.17. The van der Waals surface area contributed by atoms with E-state index in [9.17, 15) is 9.59 Å². The Hall–Kier alpha value is -1.36. The van der Waals surface area contributed by atoms with Gasteiger partial charge >= 0.3 is 0 Å². The number of nitrogens with zero attached hydrogens (tertiary/aromatic N) is 2. The van der Waals surface area contributed by atoms with Crippen LogP contribution in [0.25, 0.3) is 0 Å². The molecule has 0 saturated carbocycles. The van der Waals surface area contributed by atoms with Gasteiger partial charge in [0.1, 0.15) is 6.04 Å². The van der Waals surface area contributed by atoms with Crippen LogP contribution in [-0.4, -0.2) is 35.8 Å². The Labute approximate surface area is 134 Å². The second kappa shape index (κ2) is 5.79. The Bertz CT molecular complexity index is 566. The van der Waals surface area contributed by atoms with E-state index in [0.29, 0.717) is 13.1 Å². The van der Waals surface area contributed by atoms with Gasteiger partial charge in [-0.25, -0.2) is 0 Å². The largest absolute Gasteiger partial charge is 0.329 e. The molecule has 2 amide bonds. The van der Waals surface area contributed by atoms with Gasteiger partial charge < -0.3 is 9.80 Å². The average Bonchev–Trinajstić information content (AvgIpc) is 2.40. The molecular weight excluding hydrogens is 332 g/mol. The highest BCUT2D eigenvalue weighted by Gasteiger charge is 2.38. The van der Waals surface area contributed by atoms with Crippen molar-refractivity contribution in [2.24, 2.45) is 5.41 Å². The summed E-state index contributed by atoms with van der Waals surface area (Å²) >= 11 is 3.42. The Morgan fingerprint density at radius 3 is 2.52 bits per heavy atom. The summed E-state index contributed by atoms with van der Waals surface area (Å²) in [4.78, 5) is 28.5. The number of halogens is 1. The third-order valence-electron chi connectivity index (χ3n) is 3.68. The predicted molar refractivity (Wildman–Crippen MR) is 87.1 cm³/mol. The average molecular weight is 353 g/mol. The molecule has 4 nitrogen and oxygen atoms in total. The second-order valence-electron chi connectivity index (χ2n) is 6.39. The van der Waals surface area contributed by atoms with Crippen LogP contribution in [0.2, 0.25) is 0 Å². The highest BCUT2D eigenvalue weighted by molar-refractivity contribution is 9.10. The zero-order chi connectivity index (χ0) is 15.8. The zero-order valence-electron chi connectivity index (χ0n) is 12.9. The molecule has 0 N–H and O–H groups in total. The standard InChI is InChI=1S/C16H21BrN2O2/c1-11-14(20)19(13-7-5-6-12(17)10-13)9-8-18(11)15(21)16(2,3)4/h5-7,10-11H,8-9H2,1-4H3. The number of carbonyl (C=O) groups is 2. The van der Waals surface area contributed by atoms with Crippen molar-refractivity contribution in [2.45, 2.75) is 33.7 Å². The maximum Gasteiger partial charge on any atom is 0.249 e. The lowest BCUT2D eigenvalue weighted by Crippen LogP contribution is -2.59. The van der Waals surface area contributed by atoms with Crippen molar-refractivity contribution < 1.29 is 9.59 Å². The van der Waals surface area contributed by atoms with Gasteiger partial charge in [-0.15, -0.1) is 0 Å². The summed E-state index contributed by atoms with van der Waals surface area (Å²) in [5.41, 5.74) is 0.399. The minimum atomic E-state index is -0.466. The molecule has 0 aromatic heterocycles. The van der Waals surface area contributed by atoms with Crippen LogP contribution in [-0.2, 0) is 9.59 Å². The molecule has 1 aliphatic rings. The number of hydrogen-bond acceptors (Lipinski definition) is 2. The first kappa shape index (κ1) is 16.0. The first-order chi connectivity index (χ1) is 9.71. The molecule has 1 fully saturated rings. The van der Waals surface area contributed by atoms with E-state index in [-0.39, 0.29) is 11.8 Å². The molecule has 21 heavy (non-hydrogen) atoms. The van der Waals surface area contributed by atoms with Gasteiger partial charge in [0.2, 0.25) is 11.8 Å². The van der Waals surface area contributed by atoms with Crippen LogP contribution in [0.3, 0.4) is 0 Å². The fraction of sp³-hybridized carbons (Fsp3) is 0.500. The van der Waals surface area contributed by atoms with Crippen molar-refractivity contribution in [1.29, 1.82) is 0 Å². The Morgan fingerprint density at radius 2 is 1.95 bits per heavy atom. The number of rotatable bonds is 1. The molecule has 0 radical (unpaired) electrons. The maximum atomic E-state index is 12.6. The van der Waals surface area contributed by atoms with Crippen LogP contribution in [0, 0.1) is 5.41 Å². The number of benzene rings is 1. The molecule has 0 aliphatic carbocycles. The fourth-order valence-corrected chi connectivity index (χ4v) is 2.87. The highest BCUT2D eigenvalue weighted by Crippen LogP contribution is 2.26. The van der Waals surface area contributed by atoms with Crippen molar-refractivity contribution in [1.82, 2.24) is 4.90 Å². The smallest absolute Gasteiger partial charge is 0.249 e. The van der Waals surface area contributed by atoms with E-state index in [1.807, 2.05) is 45.0 Å². The quantitative estimate of drug-likeness (QED) is 0.779. The van der Waals surface area contributed by atoms with Gasteiger partial charge in [0.25, 0.3) is 0 Å². The highest BCUT2D eigenvalue weighted by atomic mass is 79.9. The molecule has 1 aromatic carbocycles. The Balaban J connectivity index is 2.21. The normalized spacial score (nSPS) is 19.9. The molecule has 1 saturated heterocycles. The summed E-state index contributed by atoms with van der Waals surface area (Å²) in [5.74, 6) is -0.00538. The number of anilines is 1. The van der Waals surface area contributed by atoms with Gasteiger partial charge in [-0.3, -0.25) is 9.59 Å². The minimum absolute atomic E-state index is 0.0252. The zero-order valence-corrected chi connectivity index (χ0v) is 14.5. The molecule has 1 aliphatic heterocycles. The van der Waals surface area contributed by atoms with Crippen LogP contribution in [0.1, 0.15) is 27.7 Å². The summed E-state index contributed by atoms with van der Waals surface area (Å²) in [7, 11) is 0. The summed E-state index contributed by atoms with van der Waals surface area (Å²) < 4.78 is 0.939. The van der Waals surface area contributed by atoms with Crippen molar-refractivity contribution in [3.05, 3.63) is 28.7 Å². The molecule has 0 bridgehead atoms. The van der Waals surface area contributed by atoms with Crippen molar-refractivity contribution in [3.63, 3.8) is 0 Å². The van der Waals surface area contributed by atoms with E-state index in [0.717, 1.165) is 10.2 Å². The summed E-state index contributed by atoms with van der Waals surface area (Å²) in [6.07, 6.45) is 0. The number of piperazine rings is 1. The van der Waals surface area contributed by atoms with Gasteiger partial charge in [-0.05, 0) is 25.1 Å². The van der Waals surface area contributed by atoms with E-state index < -0.39 is 11.5 Å². The van der Waals surface area contributed by atoms with Crippen LogP contribution >= 0.6 is 15.9 Å². The van der Waals surface area contributed by atoms with Crippen LogP contribution in [0.15, 0.2) is 28.7 Å². The topological polar surface area (TPSA) is 40.6 Å². The SMILES string of the molecule is CC1C(=O)N(c2cccc(Br)c2)CCN1C(=O)C(C)(C)C. The Kier molecular flexibility index (Phi) is 4.42. The molecule has 0 spiro atoms. The lowest BCUT2D eigenvalue weighted by Gasteiger charge is -2.41. The predicted octanol–water partition coefficient (Wildman–Crippen LogP) is 3.06. The van der Waals surface area contributed by atoms with Gasteiger partial charge in [0, 0.05) is 28.7 Å². The van der Waals surface area contributed by atoms with Crippen molar-refractivity contribution in [3.8, 4) is 0 Å². The van der Waals surface area contributed by atoms with E-state index >= 15 is 0 Å². The minimum Gasteiger partial charge on any atom is -0.329 e. The fourth-order valence-electron chi connectivity index (χ4n) is 2.48. The second-order valence-corrected chi connectivity index (χ2v) is 7.31. The van der Waals surface area contributed by atoms with Gasteiger partial charge in [-0.1, -0.05) is 42.8 Å². The van der Waals surface area contributed by atoms with Gasteiger partial charge in [0.05, 0.1) is 0 Å². The Morgan fingerprint density at radius 1 is 1.29 bits per heavy atom. The molecule has 1 atom stereocenters. The maximum absolute atomic E-state index is 12.6. The molecular formula is C16H21BrN2O2. The lowest BCUT2D eigenvalue weighted by atomic mass is 9.93. The lowest BCUT2D eigenvalue weighted by molar-refractivity contribution is -0.147. The molecule has 114 valence electrons.